The average molecular weight is 433 g/mol. The summed E-state index contributed by atoms with van der Waals surface area (Å²) in [5, 5.41) is 0. The van der Waals surface area contributed by atoms with Crippen molar-refractivity contribution in [2.24, 2.45) is 0 Å². The molecule has 0 fully saturated rings. The van der Waals surface area contributed by atoms with Gasteiger partial charge in [0.2, 0.25) is 0 Å². The molecule has 26 heavy (non-hydrogen) atoms. The molecule has 0 heterocycles. The first-order valence-electron chi connectivity index (χ1n) is 10.7. The zero-order valence-electron chi connectivity index (χ0n) is 17.2. The van der Waals surface area contributed by atoms with Crippen LogP contribution in [0.3, 0.4) is 0 Å². The zero-order chi connectivity index (χ0) is 18.6. The van der Waals surface area contributed by atoms with Crippen LogP contribution in [0.15, 0.2) is 0 Å². The van der Waals surface area contributed by atoms with E-state index in [4.69, 9.17) is 9.05 Å². The summed E-state index contributed by atoms with van der Waals surface area (Å²) in [7, 11) is -4.08. The summed E-state index contributed by atoms with van der Waals surface area (Å²) in [5.41, 5.74) is 0. The monoisotopic (exact) mass is 433 g/mol. The molecule has 4 nitrogen and oxygen atoms in total. The van der Waals surface area contributed by atoms with Gasteiger partial charge in [-0.2, -0.15) is 0 Å². The van der Waals surface area contributed by atoms with Crippen LogP contribution < -0.4 is 4.89 Å². The molecule has 0 aromatic heterocycles. The van der Waals surface area contributed by atoms with Crippen molar-refractivity contribution < 1.29 is 35.6 Å². The van der Waals surface area contributed by atoms with Gasteiger partial charge in [0.15, 0.2) is 0 Å². The molecule has 0 bridgehead atoms. The fourth-order valence-corrected chi connectivity index (χ4v) is 3.64. The molecule has 0 aliphatic rings. The van der Waals surface area contributed by atoms with Crippen molar-refractivity contribution >= 4 is 7.82 Å². The molecule has 1 radical (unpaired) electrons. The van der Waals surface area contributed by atoms with E-state index in [1.54, 1.807) is 0 Å². The molecule has 0 saturated heterocycles. The van der Waals surface area contributed by atoms with Gasteiger partial charge in [-0.25, -0.2) is 0 Å². The van der Waals surface area contributed by atoms with E-state index in [0.29, 0.717) is 0 Å². The van der Waals surface area contributed by atoms with Crippen LogP contribution in [0.2, 0.25) is 0 Å². The van der Waals surface area contributed by atoms with Crippen molar-refractivity contribution in [3.63, 3.8) is 0 Å². The van der Waals surface area contributed by atoms with E-state index >= 15 is 0 Å². The van der Waals surface area contributed by atoms with Gasteiger partial charge in [0, 0.05) is 0 Å². The van der Waals surface area contributed by atoms with Crippen LogP contribution in [0.1, 0.15) is 117 Å². The largest absolute Gasteiger partial charge is 3.00 e. The van der Waals surface area contributed by atoms with Gasteiger partial charge in [-0.15, -0.1) is 0 Å². The van der Waals surface area contributed by atoms with Crippen molar-refractivity contribution in [2.75, 3.05) is 13.2 Å². The minimum Gasteiger partial charge on any atom is -0.756 e. The molecule has 157 valence electrons. The van der Waals surface area contributed by atoms with Crippen molar-refractivity contribution in [3.8, 4) is 0 Å². The Morgan fingerprint density at radius 3 is 1.15 bits per heavy atom. The second-order valence-electron chi connectivity index (χ2n) is 7.06. The van der Waals surface area contributed by atoms with E-state index in [2.05, 4.69) is 13.8 Å². The van der Waals surface area contributed by atoms with E-state index in [1.807, 2.05) is 0 Å². The van der Waals surface area contributed by atoms with Gasteiger partial charge in [0.1, 0.15) is 0 Å². The van der Waals surface area contributed by atoms with Crippen LogP contribution in [0, 0.1) is 0 Å². The Bertz CT molecular complexity index is 290. The van der Waals surface area contributed by atoms with Crippen LogP contribution in [0.4, 0.5) is 0 Å². The summed E-state index contributed by atoms with van der Waals surface area (Å²) >= 11 is 0. The summed E-state index contributed by atoms with van der Waals surface area (Å²) < 4.78 is 21.5. The maximum Gasteiger partial charge on any atom is 3.00 e. The molecule has 0 aliphatic carbocycles. The predicted molar refractivity (Wildman–Crippen MR) is 105 cm³/mol. The van der Waals surface area contributed by atoms with Crippen LogP contribution in [0.25, 0.3) is 0 Å². The molecule has 0 aromatic rings. The van der Waals surface area contributed by atoms with Gasteiger partial charge in [0.05, 0.1) is 13.2 Å². The minimum atomic E-state index is -4.08. The molecule has 0 aliphatic heterocycles. The average Bonchev–Trinajstić information content (AvgIpc) is 2.59. The topological polar surface area (TPSA) is 58.6 Å². The number of rotatable bonds is 20. The quantitative estimate of drug-likeness (QED) is 0.121. The maximum atomic E-state index is 11.6. The first kappa shape index (κ1) is 28.8. The molecule has 0 saturated carbocycles. The summed E-state index contributed by atoms with van der Waals surface area (Å²) in [6.07, 6.45) is 18.8. The van der Waals surface area contributed by atoms with Gasteiger partial charge in [-0.3, -0.25) is 4.57 Å². The molecular weight excluding hydrogens is 391 g/mol. The maximum absolute atomic E-state index is 11.6. The van der Waals surface area contributed by atoms with Gasteiger partial charge in [-0.1, -0.05) is 104 Å². The fourth-order valence-electron chi connectivity index (χ4n) is 2.86. The van der Waals surface area contributed by atoms with E-state index < -0.39 is 7.82 Å². The van der Waals surface area contributed by atoms with E-state index in [9.17, 15) is 9.46 Å². The van der Waals surface area contributed by atoms with Crippen molar-refractivity contribution in [2.45, 2.75) is 117 Å². The number of phosphoric ester groups is 1. The molecular formula is C20H42FeO4P+2. The SMILES string of the molecule is CCCCCCCCCCOP(=O)([O-])OCCCCCCCCCC.[Fe+3]. The summed E-state index contributed by atoms with van der Waals surface area (Å²) in [6.45, 7) is 4.95. The Labute approximate surface area is 173 Å². The Kier molecular flexibility index (Phi) is 24.3. The van der Waals surface area contributed by atoms with Crippen molar-refractivity contribution in [1.82, 2.24) is 0 Å². The Balaban J connectivity index is 0. The predicted octanol–water partition coefficient (Wildman–Crippen LogP) is 6.77. The van der Waals surface area contributed by atoms with E-state index in [-0.39, 0.29) is 30.3 Å². The van der Waals surface area contributed by atoms with Crippen LogP contribution in [-0.2, 0) is 30.7 Å². The van der Waals surface area contributed by atoms with Crippen LogP contribution in [0.5, 0.6) is 0 Å². The number of hydrogen-bond acceptors (Lipinski definition) is 4. The third-order valence-corrected chi connectivity index (χ3v) is 5.49. The molecule has 6 heteroatoms. The van der Waals surface area contributed by atoms with Crippen LogP contribution >= 0.6 is 7.82 Å². The van der Waals surface area contributed by atoms with Gasteiger partial charge < -0.3 is 13.9 Å². The third-order valence-electron chi connectivity index (χ3n) is 4.49. The second kappa shape index (κ2) is 21.9. The van der Waals surface area contributed by atoms with Gasteiger partial charge in [-0.05, 0) is 12.8 Å². The Hall–Kier alpha value is 0.629. The second-order valence-corrected chi connectivity index (χ2v) is 8.47. The summed E-state index contributed by atoms with van der Waals surface area (Å²) in [5.74, 6) is 0. The molecule has 0 rings (SSSR count). The summed E-state index contributed by atoms with van der Waals surface area (Å²) in [6, 6.07) is 0. The van der Waals surface area contributed by atoms with Crippen LogP contribution in [-0.4, -0.2) is 13.2 Å². The Morgan fingerprint density at radius 2 is 0.846 bits per heavy atom. The minimum absolute atomic E-state index is 0. The molecule has 0 N–H and O–H groups in total. The standard InChI is InChI=1S/C20H43O4P.Fe/c1-3-5-7-9-11-13-15-17-19-23-25(21,22)24-20-18-16-14-12-10-8-6-4-2;/h3-20H2,1-2H3,(H,21,22);/q;+3/p-1. The smallest absolute Gasteiger partial charge is 0.756 e. The van der Waals surface area contributed by atoms with Crippen molar-refractivity contribution in [3.05, 3.63) is 0 Å². The Morgan fingerprint density at radius 1 is 0.577 bits per heavy atom. The molecule has 0 unspecified atom stereocenters. The van der Waals surface area contributed by atoms with Gasteiger partial charge in [0.25, 0.3) is 7.82 Å². The van der Waals surface area contributed by atoms with Crippen molar-refractivity contribution in [1.29, 1.82) is 0 Å². The number of hydrogen-bond donors (Lipinski definition) is 0. The van der Waals surface area contributed by atoms with E-state index in [1.165, 1.54) is 64.2 Å². The summed E-state index contributed by atoms with van der Waals surface area (Å²) in [4.78, 5) is 11.6. The normalized spacial score (nSPS) is 11.5. The molecule has 0 amide bonds. The first-order valence-corrected chi connectivity index (χ1v) is 12.2. The third kappa shape index (κ3) is 22.7. The number of unbranched alkanes of at least 4 members (excludes halogenated alkanes) is 14. The molecule has 0 atom stereocenters. The molecule has 0 aromatic carbocycles. The first-order chi connectivity index (χ1) is 12.1. The van der Waals surface area contributed by atoms with E-state index in [0.717, 1.165) is 38.5 Å². The number of phosphoric acid groups is 1. The fraction of sp³-hybridized carbons (Fsp3) is 1.00. The zero-order valence-corrected chi connectivity index (χ0v) is 19.2. The molecule has 0 spiro atoms. The van der Waals surface area contributed by atoms with Gasteiger partial charge >= 0.3 is 17.1 Å².